The van der Waals surface area contributed by atoms with Crippen LogP contribution in [0.3, 0.4) is 0 Å². The van der Waals surface area contributed by atoms with Crippen LogP contribution >= 0.6 is 15.9 Å². The lowest BCUT2D eigenvalue weighted by atomic mass is 10.1. The number of halogens is 1. The molecule has 5 heteroatoms. The molecule has 1 heterocycles. The Balaban J connectivity index is 2.31. The van der Waals surface area contributed by atoms with Crippen LogP contribution in [0.4, 0.5) is 0 Å². The van der Waals surface area contributed by atoms with Crippen molar-refractivity contribution >= 4 is 27.8 Å². The van der Waals surface area contributed by atoms with Crippen molar-refractivity contribution in [1.29, 1.82) is 0 Å². The molecule has 0 spiro atoms. The van der Waals surface area contributed by atoms with Gasteiger partial charge in [-0.2, -0.15) is 0 Å². The average molecular weight is 312 g/mol. The van der Waals surface area contributed by atoms with Gasteiger partial charge in [0.2, 0.25) is 0 Å². The van der Waals surface area contributed by atoms with E-state index >= 15 is 0 Å². The second-order valence-electron chi connectivity index (χ2n) is 4.48. The number of rotatable bonds is 2. The van der Waals surface area contributed by atoms with Crippen LogP contribution in [-0.4, -0.2) is 34.5 Å². The number of hydrogen-bond donors (Lipinski definition) is 1. The van der Waals surface area contributed by atoms with Crippen LogP contribution < -0.4 is 0 Å². The van der Waals surface area contributed by atoms with Gasteiger partial charge in [0.1, 0.15) is 6.04 Å². The van der Waals surface area contributed by atoms with Crippen LogP contribution in [0.25, 0.3) is 0 Å². The lowest BCUT2D eigenvalue weighted by Gasteiger charge is -2.22. The summed E-state index contributed by atoms with van der Waals surface area (Å²) in [4.78, 5) is 24.9. The van der Waals surface area contributed by atoms with E-state index in [0.29, 0.717) is 23.0 Å². The van der Waals surface area contributed by atoms with Gasteiger partial charge in [-0.25, -0.2) is 4.79 Å². The predicted octanol–water partition coefficient (Wildman–Crippen LogP) is 2.45. The molecule has 0 saturated carbocycles. The van der Waals surface area contributed by atoms with E-state index in [1.165, 1.54) is 4.90 Å². The fourth-order valence-electron chi connectivity index (χ4n) is 2.22. The number of hydrogen-bond acceptors (Lipinski definition) is 2. The Morgan fingerprint density at radius 1 is 1.44 bits per heavy atom. The molecule has 4 nitrogen and oxygen atoms in total. The molecule has 1 aromatic rings. The Morgan fingerprint density at radius 3 is 2.83 bits per heavy atom. The summed E-state index contributed by atoms with van der Waals surface area (Å²) in [6.07, 6.45) is 1.27. The Labute approximate surface area is 114 Å². The highest BCUT2D eigenvalue weighted by molar-refractivity contribution is 9.10. The zero-order valence-corrected chi connectivity index (χ0v) is 11.6. The summed E-state index contributed by atoms with van der Waals surface area (Å²) in [6, 6.07) is 4.81. The SMILES string of the molecule is Cc1ccc(Br)c(C(=O)N2CCC[C@@H]2C(=O)O)c1. The van der Waals surface area contributed by atoms with Crippen LogP contribution in [0.15, 0.2) is 22.7 Å². The van der Waals surface area contributed by atoms with Crippen LogP contribution in [0.5, 0.6) is 0 Å². The van der Waals surface area contributed by atoms with Crippen molar-refractivity contribution in [2.75, 3.05) is 6.54 Å². The molecule has 0 aromatic heterocycles. The van der Waals surface area contributed by atoms with Crippen molar-refractivity contribution in [2.24, 2.45) is 0 Å². The fraction of sp³-hybridized carbons (Fsp3) is 0.385. The molecule has 1 fully saturated rings. The number of benzene rings is 1. The van der Waals surface area contributed by atoms with Gasteiger partial charge in [0.05, 0.1) is 5.56 Å². The molecule has 1 amide bonds. The summed E-state index contributed by atoms with van der Waals surface area (Å²) >= 11 is 3.34. The number of carbonyl (C=O) groups excluding carboxylic acids is 1. The van der Waals surface area contributed by atoms with Crippen LogP contribution in [0.1, 0.15) is 28.8 Å². The quantitative estimate of drug-likeness (QED) is 0.912. The van der Waals surface area contributed by atoms with Crippen LogP contribution in [-0.2, 0) is 4.79 Å². The van der Waals surface area contributed by atoms with E-state index < -0.39 is 12.0 Å². The standard InChI is InChI=1S/C13H14BrNO3/c1-8-4-5-10(14)9(7-8)12(16)15-6-2-3-11(15)13(17)18/h4-5,7,11H,2-3,6H2,1H3,(H,17,18)/t11-/m1/s1. The highest BCUT2D eigenvalue weighted by atomic mass is 79.9. The van der Waals surface area contributed by atoms with Crippen LogP contribution in [0.2, 0.25) is 0 Å². The minimum absolute atomic E-state index is 0.213. The molecule has 1 atom stereocenters. The third-order valence-corrected chi connectivity index (χ3v) is 3.84. The first kappa shape index (κ1) is 13.1. The van der Waals surface area contributed by atoms with E-state index in [4.69, 9.17) is 5.11 Å². The maximum absolute atomic E-state index is 12.4. The Kier molecular flexibility index (Phi) is 3.71. The van der Waals surface area contributed by atoms with Crippen LogP contribution in [0, 0.1) is 6.92 Å². The second kappa shape index (κ2) is 5.10. The van der Waals surface area contributed by atoms with Gasteiger partial charge in [-0.1, -0.05) is 11.6 Å². The third-order valence-electron chi connectivity index (χ3n) is 3.15. The molecule has 1 saturated heterocycles. The number of carboxylic acid groups (broad SMARTS) is 1. The van der Waals surface area contributed by atoms with Gasteiger partial charge >= 0.3 is 5.97 Å². The molecule has 0 aliphatic carbocycles. The molecule has 0 radical (unpaired) electrons. The summed E-state index contributed by atoms with van der Waals surface area (Å²) in [6.45, 7) is 2.41. The van der Waals surface area contributed by atoms with E-state index in [-0.39, 0.29) is 5.91 Å². The molecule has 2 rings (SSSR count). The number of amides is 1. The zero-order valence-electron chi connectivity index (χ0n) is 10.0. The van der Waals surface area contributed by atoms with Gasteiger partial charge in [0.25, 0.3) is 5.91 Å². The lowest BCUT2D eigenvalue weighted by molar-refractivity contribution is -0.141. The number of aliphatic carboxylic acids is 1. The Morgan fingerprint density at radius 2 is 2.17 bits per heavy atom. The van der Waals surface area contributed by atoms with Gasteiger partial charge < -0.3 is 10.0 Å². The molecule has 1 aliphatic rings. The van der Waals surface area contributed by atoms with Crippen molar-refractivity contribution in [1.82, 2.24) is 4.90 Å². The van der Waals surface area contributed by atoms with Crippen molar-refractivity contribution in [2.45, 2.75) is 25.8 Å². The first-order chi connectivity index (χ1) is 8.50. The van der Waals surface area contributed by atoms with Gasteiger partial charge in [0, 0.05) is 11.0 Å². The third kappa shape index (κ3) is 2.41. The highest BCUT2D eigenvalue weighted by Gasteiger charge is 2.34. The smallest absolute Gasteiger partial charge is 0.326 e. The molecular weight excluding hydrogens is 298 g/mol. The number of likely N-dealkylation sites (tertiary alicyclic amines) is 1. The van der Waals surface area contributed by atoms with E-state index in [1.54, 1.807) is 6.07 Å². The topological polar surface area (TPSA) is 57.6 Å². The molecule has 0 bridgehead atoms. The lowest BCUT2D eigenvalue weighted by Crippen LogP contribution is -2.40. The summed E-state index contributed by atoms with van der Waals surface area (Å²) in [7, 11) is 0. The minimum Gasteiger partial charge on any atom is -0.480 e. The zero-order chi connectivity index (χ0) is 13.3. The summed E-state index contributed by atoms with van der Waals surface area (Å²) in [5, 5.41) is 9.10. The fourth-order valence-corrected chi connectivity index (χ4v) is 2.64. The Bertz CT molecular complexity index is 501. The number of carboxylic acids is 1. The van der Waals surface area contributed by atoms with Gasteiger partial charge in [-0.05, 0) is 47.8 Å². The number of aryl methyl sites for hydroxylation is 1. The van der Waals surface area contributed by atoms with Gasteiger partial charge in [0.15, 0.2) is 0 Å². The maximum atomic E-state index is 12.4. The largest absolute Gasteiger partial charge is 0.480 e. The normalized spacial score (nSPS) is 19.0. The summed E-state index contributed by atoms with van der Waals surface area (Å²) < 4.78 is 0.703. The van der Waals surface area contributed by atoms with E-state index in [1.807, 2.05) is 19.1 Å². The minimum atomic E-state index is -0.926. The molecule has 1 aromatic carbocycles. The predicted molar refractivity (Wildman–Crippen MR) is 70.6 cm³/mol. The van der Waals surface area contributed by atoms with E-state index in [9.17, 15) is 9.59 Å². The van der Waals surface area contributed by atoms with Crippen molar-refractivity contribution < 1.29 is 14.7 Å². The first-order valence-corrected chi connectivity index (χ1v) is 6.60. The summed E-state index contributed by atoms with van der Waals surface area (Å²) in [5.41, 5.74) is 1.51. The van der Waals surface area contributed by atoms with Gasteiger partial charge in [-0.15, -0.1) is 0 Å². The van der Waals surface area contributed by atoms with Crippen molar-refractivity contribution in [3.8, 4) is 0 Å². The molecule has 96 valence electrons. The molecule has 0 unspecified atom stereocenters. The van der Waals surface area contributed by atoms with E-state index in [2.05, 4.69) is 15.9 Å². The monoisotopic (exact) mass is 311 g/mol. The number of carbonyl (C=O) groups is 2. The average Bonchev–Trinajstić information content (AvgIpc) is 2.80. The second-order valence-corrected chi connectivity index (χ2v) is 5.33. The maximum Gasteiger partial charge on any atom is 0.326 e. The van der Waals surface area contributed by atoms with Crippen molar-refractivity contribution in [3.63, 3.8) is 0 Å². The molecule has 1 aliphatic heterocycles. The molecule has 18 heavy (non-hydrogen) atoms. The highest BCUT2D eigenvalue weighted by Crippen LogP contribution is 2.25. The Hall–Kier alpha value is -1.36. The number of nitrogens with zero attached hydrogens (tertiary/aromatic N) is 1. The first-order valence-electron chi connectivity index (χ1n) is 5.80. The molecular formula is C13H14BrNO3. The molecule has 1 N–H and O–H groups in total. The van der Waals surface area contributed by atoms with Gasteiger partial charge in [-0.3, -0.25) is 4.79 Å². The summed E-state index contributed by atoms with van der Waals surface area (Å²) in [5.74, 6) is -1.14. The van der Waals surface area contributed by atoms with E-state index in [0.717, 1.165) is 12.0 Å². The van der Waals surface area contributed by atoms with Crippen molar-refractivity contribution in [3.05, 3.63) is 33.8 Å².